The molecule has 21 heavy (non-hydrogen) atoms. The van der Waals surface area contributed by atoms with Crippen molar-refractivity contribution in [2.24, 2.45) is 0 Å². The zero-order chi connectivity index (χ0) is 14.8. The molecule has 7 heteroatoms. The number of carbonyl (C=O) groups excluding carboxylic acids is 1. The van der Waals surface area contributed by atoms with E-state index in [-0.39, 0.29) is 17.8 Å². The van der Waals surface area contributed by atoms with Gasteiger partial charge in [-0.3, -0.25) is 4.79 Å². The Morgan fingerprint density at radius 2 is 2.52 bits per heavy atom. The van der Waals surface area contributed by atoms with Crippen LogP contribution in [0.2, 0.25) is 0 Å². The Morgan fingerprint density at radius 1 is 1.67 bits per heavy atom. The molecule has 0 spiro atoms. The van der Waals surface area contributed by atoms with Gasteiger partial charge in [-0.1, -0.05) is 11.2 Å². The van der Waals surface area contributed by atoms with Crippen molar-refractivity contribution in [3.63, 3.8) is 0 Å². The Labute approximate surface area is 126 Å². The normalized spacial score (nSPS) is 19.9. The van der Waals surface area contributed by atoms with Crippen LogP contribution in [-0.2, 0) is 0 Å². The maximum absolute atomic E-state index is 12.4. The molecule has 1 saturated heterocycles. The van der Waals surface area contributed by atoms with Crippen LogP contribution in [0.1, 0.15) is 46.8 Å². The average molecular weight is 307 g/mol. The summed E-state index contributed by atoms with van der Waals surface area (Å²) in [6.45, 7) is 2.33. The van der Waals surface area contributed by atoms with Crippen molar-refractivity contribution in [3.8, 4) is 0 Å². The first-order valence-corrected chi connectivity index (χ1v) is 7.86. The third-order valence-corrected chi connectivity index (χ3v) is 4.70. The lowest BCUT2D eigenvalue weighted by Gasteiger charge is -2.25. The molecular weight excluding hydrogens is 290 g/mol. The molecule has 0 bridgehead atoms. The van der Waals surface area contributed by atoms with Crippen LogP contribution >= 0.6 is 11.3 Å². The Balaban J connectivity index is 1.69. The molecule has 0 aliphatic carbocycles. The summed E-state index contributed by atoms with van der Waals surface area (Å²) in [6.07, 6.45) is 1.84. The number of aryl methyl sites for hydroxylation is 1. The lowest BCUT2D eigenvalue weighted by Crippen LogP contribution is -2.37. The summed E-state index contributed by atoms with van der Waals surface area (Å²) in [7, 11) is 0. The molecule has 0 aromatic carbocycles. The van der Waals surface area contributed by atoms with Crippen LogP contribution in [0.3, 0.4) is 0 Å². The Bertz CT molecular complexity index is 611. The molecule has 1 aliphatic heterocycles. The van der Waals surface area contributed by atoms with Crippen LogP contribution in [0, 0.1) is 6.92 Å². The number of rotatable bonds is 4. The van der Waals surface area contributed by atoms with Crippen LogP contribution in [0.15, 0.2) is 22.0 Å². The Hall–Kier alpha value is -1.73. The van der Waals surface area contributed by atoms with E-state index in [0.29, 0.717) is 18.9 Å². The monoisotopic (exact) mass is 307 g/mol. The molecule has 3 heterocycles. The smallest absolute Gasteiger partial charge is 0.295 e. The number of likely N-dealkylation sites (tertiary alicyclic amines) is 1. The fourth-order valence-corrected chi connectivity index (χ4v) is 3.44. The lowest BCUT2D eigenvalue weighted by atomic mass is 10.1. The standard InChI is InChI=1S/C14H17N3O3S/c1-9-15-13(16-20-9)14(19)17-6-2-4-10(17)8-11(18)12-5-3-7-21-12/h3,5,7,10-11,18H,2,4,6,8H2,1H3. The molecule has 1 fully saturated rings. The van der Waals surface area contributed by atoms with Gasteiger partial charge in [0.15, 0.2) is 0 Å². The quantitative estimate of drug-likeness (QED) is 0.936. The average Bonchev–Trinajstić information content (AvgIpc) is 3.18. The molecule has 3 rings (SSSR count). The minimum Gasteiger partial charge on any atom is -0.387 e. The van der Waals surface area contributed by atoms with Crippen LogP contribution in [0.25, 0.3) is 0 Å². The second-order valence-electron chi connectivity index (χ2n) is 5.20. The van der Waals surface area contributed by atoms with Gasteiger partial charge in [-0.15, -0.1) is 11.3 Å². The highest BCUT2D eigenvalue weighted by atomic mass is 32.1. The summed E-state index contributed by atoms with van der Waals surface area (Å²) in [5, 5.41) is 15.9. The van der Waals surface area contributed by atoms with Crippen molar-refractivity contribution >= 4 is 17.2 Å². The van der Waals surface area contributed by atoms with E-state index in [4.69, 9.17) is 4.52 Å². The van der Waals surface area contributed by atoms with E-state index >= 15 is 0 Å². The molecule has 2 aromatic heterocycles. The number of aromatic nitrogens is 2. The van der Waals surface area contributed by atoms with Crippen LogP contribution in [-0.4, -0.2) is 38.6 Å². The second kappa shape index (κ2) is 5.95. The lowest BCUT2D eigenvalue weighted by molar-refractivity contribution is 0.0655. The molecule has 0 radical (unpaired) electrons. The van der Waals surface area contributed by atoms with Gasteiger partial charge in [0.25, 0.3) is 11.7 Å². The predicted molar refractivity (Wildman–Crippen MR) is 77.0 cm³/mol. The predicted octanol–water partition coefficient (Wildman–Crippen LogP) is 2.17. The first kappa shape index (κ1) is 14.2. The molecule has 1 N–H and O–H groups in total. The molecule has 1 amide bonds. The minimum atomic E-state index is -0.532. The highest BCUT2D eigenvalue weighted by Gasteiger charge is 2.33. The van der Waals surface area contributed by atoms with Gasteiger partial charge in [0.05, 0.1) is 6.10 Å². The number of carbonyl (C=O) groups is 1. The molecule has 0 saturated carbocycles. The summed E-state index contributed by atoms with van der Waals surface area (Å²) in [5.41, 5.74) is 0. The van der Waals surface area contributed by atoms with Crippen LogP contribution < -0.4 is 0 Å². The van der Waals surface area contributed by atoms with E-state index in [0.717, 1.165) is 17.7 Å². The number of aliphatic hydroxyl groups excluding tert-OH is 1. The summed E-state index contributed by atoms with van der Waals surface area (Å²) in [4.78, 5) is 19.1. The van der Waals surface area contributed by atoms with Crippen molar-refractivity contribution in [1.82, 2.24) is 15.0 Å². The van der Waals surface area contributed by atoms with Crippen LogP contribution in [0.5, 0.6) is 0 Å². The van der Waals surface area contributed by atoms with E-state index < -0.39 is 6.10 Å². The zero-order valence-corrected chi connectivity index (χ0v) is 12.5. The highest BCUT2D eigenvalue weighted by molar-refractivity contribution is 7.10. The number of nitrogens with zero attached hydrogens (tertiary/aromatic N) is 3. The number of thiophene rings is 1. The van der Waals surface area contributed by atoms with Gasteiger partial charge in [-0.2, -0.15) is 4.98 Å². The first-order chi connectivity index (χ1) is 10.1. The van der Waals surface area contributed by atoms with Crippen molar-refractivity contribution in [3.05, 3.63) is 34.1 Å². The third kappa shape index (κ3) is 2.98. The van der Waals surface area contributed by atoms with Gasteiger partial charge >= 0.3 is 0 Å². The number of amides is 1. The van der Waals surface area contributed by atoms with Crippen molar-refractivity contribution in [2.75, 3.05) is 6.54 Å². The molecule has 2 atom stereocenters. The fourth-order valence-electron chi connectivity index (χ4n) is 2.72. The van der Waals surface area contributed by atoms with E-state index in [1.54, 1.807) is 11.8 Å². The zero-order valence-electron chi connectivity index (χ0n) is 11.7. The molecule has 2 unspecified atom stereocenters. The highest BCUT2D eigenvalue weighted by Crippen LogP contribution is 2.30. The molecule has 1 aliphatic rings. The van der Waals surface area contributed by atoms with Crippen LogP contribution in [0.4, 0.5) is 0 Å². The Morgan fingerprint density at radius 3 is 3.19 bits per heavy atom. The van der Waals surface area contributed by atoms with Gasteiger partial charge in [0.2, 0.25) is 5.89 Å². The van der Waals surface area contributed by atoms with E-state index in [1.807, 2.05) is 17.5 Å². The third-order valence-electron chi connectivity index (χ3n) is 3.72. The summed E-state index contributed by atoms with van der Waals surface area (Å²) in [6, 6.07) is 3.86. The van der Waals surface area contributed by atoms with Crippen molar-refractivity contribution in [2.45, 2.75) is 38.3 Å². The van der Waals surface area contributed by atoms with Gasteiger partial charge in [-0.25, -0.2) is 0 Å². The van der Waals surface area contributed by atoms with E-state index in [1.165, 1.54) is 11.3 Å². The molecule has 112 valence electrons. The maximum atomic E-state index is 12.4. The molecule has 6 nitrogen and oxygen atoms in total. The molecular formula is C14H17N3O3S. The van der Waals surface area contributed by atoms with Gasteiger partial charge < -0.3 is 14.5 Å². The summed E-state index contributed by atoms with van der Waals surface area (Å²) < 4.78 is 4.86. The largest absolute Gasteiger partial charge is 0.387 e. The van der Waals surface area contributed by atoms with Gasteiger partial charge in [0, 0.05) is 24.4 Å². The van der Waals surface area contributed by atoms with E-state index in [9.17, 15) is 9.90 Å². The Kier molecular flexibility index (Phi) is 4.03. The fraction of sp³-hybridized carbons (Fsp3) is 0.500. The maximum Gasteiger partial charge on any atom is 0.295 e. The summed E-state index contributed by atoms with van der Waals surface area (Å²) >= 11 is 1.53. The van der Waals surface area contributed by atoms with Crippen molar-refractivity contribution < 1.29 is 14.4 Å². The van der Waals surface area contributed by atoms with Gasteiger partial charge in [-0.05, 0) is 30.7 Å². The second-order valence-corrected chi connectivity index (χ2v) is 6.18. The number of hydrogen-bond acceptors (Lipinski definition) is 6. The SMILES string of the molecule is Cc1nc(C(=O)N2CCCC2CC(O)c2cccs2)no1. The minimum absolute atomic E-state index is 0.0217. The summed E-state index contributed by atoms with van der Waals surface area (Å²) in [5.74, 6) is 0.269. The molecule has 2 aromatic rings. The first-order valence-electron chi connectivity index (χ1n) is 6.98. The topological polar surface area (TPSA) is 79.5 Å². The van der Waals surface area contributed by atoms with Crippen molar-refractivity contribution in [1.29, 1.82) is 0 Å². The number of aliphatic hydroxyl groups is 1. The number of hydrogen-bond donors (Lipinski definition) is 1. The van der Waals surface area contributed by atoms with Gasteiger partial charge in [0.1, 0.15) is 0 Å². The van der Waals surface area contributed by atoms with E-state index in [2.05, 4.69) is 10.1 Å².